The van der Waals surface area contributed by atoms with E-state index in [9.17, 15) is 9.59 Å². The van der Waals surface area contributed by atoms with Crippen molar-refractivity contribution in [2.75, 3.05) is 24.5 Å². The fourth-order valence-electron chi connectivity index (χ4n) is 3.95. The second-order valence-corrected chi connectivity index (χ2v) is 7.58. The first-order valence-corrected chi connectivity index (χ1v) is 9.72. The largest absolute Gasteiger partial charge is 0.479 e. The van der Waals surface area contributed by atoms with Crippen LogP contribution in [0.3, 0.4) is 0 Å². The lowest BCUT2D eigenvalue weighted by Crippen LogP contribution is -2.48. The lowest BCUT2D eigenvalue weighted by atomic mass is 10.0. The van der Waals surface area contributed by atoms with Gasteiger partial charge in [-0.15, -0.1) is 0 Å². The molecule has 2 amide bonds. The summed E-state index contributed by atoms with van der Waals surface area (Å²) in [6.07, 6.45) is 4.53. The van der Waals surface area contributed by atoms with Crippen molar-refractivity contribution >= 4 is 17.5 Å². The van der Waals surface area contributed by atoms with E-state index in [4.69, 9.17) is 4.74 Å². The van der Waals surface area contributed by atoms with Gasteiger partial charge in [-0.25, -0.2) is 0 Å². The third-order valence-corrected chi connectivity index (χ3v) is 5.59. The molecule has 1 aromatic rings. The molecule has 6 nitrogen and oxygen atoms in total. The van der Waals surface area contributed by atoms with Gasteiger partial charge in [0.25, 0.3) is 5.91 Å². The van der Waals surface area contributed by atoms with Crippen LogP contribution in [-0.4, -0.2) is 54.5 Å². The van der Waals surface area contributed by atoms with Crippen LogP contribution in [0.25, 0.3) is 0 Å². The average Bonchev–Trinajstić information content (AvgIpc) is 3.48. The maximum absolute atomic E-state index is 12.5. The van der Waals surface area contributed by atoms with Crippen molar-refractivity contribution in [1.29, 1.82) is 0 Å². The van der Waals surface area contributed by atoms with Gasteiger partial charge < -0.3 is 19.9 Å². The molecule has 3 aliphatic rings. The minimum absolute atomic E-state index is 0.0271. The molecule has 6 heteroatoms. The molecule has 0 aromatic heterocycles. The third kappa shape index (κ3) is 3.70. The zero-order chi connectivity index (χ0) is 18.1. The predicted octanol–water partition coefficient (Wildman–Crippen LogP) is 1.93. The number of carbonyl (C=O) groups excluding carboxylic acids is 2. The van der Waals surface area contributed by atoms with Gasteiger partial charge in [0.15, 0.2) is 6.10 Å². The molecule has 0 spiro atoms. The average molecular weight is 357 g/mol. The number of para-hydroxylation sites is 2. The van der Waals surface area contributed by atoms with Crippen molar-refractivity contribution in [1.82, 2.24) is 10.2 Å². The van der Waals surface area contributed by atoms with Gasteiger partial charge in [0.2, 0.25) is 5.91 Å². The summed E-state index contributed by atoms with van der Waals surface area (Å²) in [7, 11) is 0. The fraction of sp³-hybridized carbons (Fsp3) is 0.600. The van der Waals surface area contributed by atoms with Gasteiger partial charge in [-0.2, -0.15) is 0 Å². The van der Waals surface area contributed by atoms with Crippen LogP contribution in [0.4, 0.5) is 5.69 Å². The first-order chi connectivity index (χ1) is 12.6. The number of hydrogen-bond acceptors (Lipinski definition) is 4. The first kappa shape index (κ1) is 17.3. The number of anilines is 1. The summed E-state index contributed by atoms with van der Waals surface area (Å²) in [4.78, 5) is 29.1. The lowest BCUT2D eigenvalue weighted by molar-refractivity contribution is -0.125. The molecule has 0 unspecified atom stereocenters. The van der Waals surface area contributed by atoms with Crippen molar-refractivity contribution in [2.45, 2.75) is 57.2 Å². The molecule has 2 heterocycles. The second-order valence-electron chi connectivity index (χ2n) is 7.58. The highest BCUT2D eigenvalue weighted by atomic mass is 16.5. The highest BCUT2D eigenvalue weighted by molar-refractivity contribution is 6.00. The molecular weight excluding hydrogens is 330 g/mol. The Labute approximate surface area is 154 Å². The molecule has 1 saturated carbocycles. The van der Waals surface area contributed by atoms with Crippen LogP contribution < -0.4 is 15.0 Å². The summed E-state index contributed by atoms with van der Waals surface area (Å²) < 4.78 is 5.64. The number of rotatable bonds is 5. The van der Waals surface area contributed by atoms with Crippen LogP contribution in [0.5, 0.6) is 5.75 Å². The molecule has 2 fully saturated rings. The van der Waals surface area contributed by atoms with Crippen LogP contribution in [0.15, 0.2) is 24.3 Å². The Morgan fingerprint density at radius 3 is 2.65 bits per heavy atom. The summed E-state index contributed by atoms with van der Waals surface area (Å²) in [6, 6.07) is 8.57. The van der Waals surface area contributed by atoms with Crippen molar-refractivity contribution in [3.8, 4) is 5.75 Å². The van der Waals surface area contributed by atoms with Gasteiger partial charge in [0.1, 0.15) is 5.75 Å². The van der Waals surface area contributed by atoms with Gasteiger partial charge in [-0.05, 0) is 44.7 Å². The highest BCUT2D eigenvalue weighted by Crippen LogP contribution is 2.33. The maximum atomic E-state index is 12.5. The third-order valence-electron chi connectivity index (χ3n) is 5.59. The van der Waals surface area contributed by atoms with E-state index in [2.05, 4.69) is 10.2 Å². The van der Waals surface area contributed by atoms with Crippen molar-refractivity contribution in [2.24, 2.45) is 0 Å². The van der Waals surface area contributed by atoms with E-state index >= 15 is 0 Å². The molecular formula is C20H27N3O3. The van der Waals surface area contributed by atoms with Gasteiger partial charge in [-0.1, -0.05) is 12.1 Å². The number of piperidine rings is 1. The Bertz CT molecular complexity index is 681. The van der Waals surface area contributed by atoms with Gasteiger partial charge in [0, 0.05) is 38.1 Å². The molecule has 1 aromatic carbocycles. The second kappa shape index (κ2) is 7.27. The number of nitrogens with zero attached hydrogens (tertiary/aromatic N) is 2. The summed E-state index contributed by atoms with van der Waals surface area (Å²) in [5.74, 6) is 0.640. The SMILES string of the molecule is C[C@@H]1Oc2ccccc2N(CCC(=O)NC2CCN(C3CC3)CC2)C1=O. The number of amides is 2. The molecule has 4 rings (SSSR count). The molecule has 1 aliphatic carbocycles. The molecule has 140 valence electrons. The van der Waals surface area contributed by atoms with E-state index < -0.39 is 6.10 Å². The Hall–Kier alpha value is -2.08. The molecule has 26 heavy (non-hydrogen) atoms. The van der Waals surface area contributed by atoms with E-state index in [0.717, 1.165) is 37.7 Å². The van der Waals surface area contributed by atoms with E-state index in [1.54, 1.807) is 11.8 Å². The quantitative estimate of drug-likeness (QED) is 0.875. The van der Waals surface area contributed by atoms with E-state index in [-0.39, 0.29) is 17.9 Å². The van der Waals surface area contributed by atoms with Crippen LogP contribution in [0.1, 0.15) is 39.0 Å². The smallest absolute Gasteiger partial charge is 0.267 e. The van der Waals surface area contributed by atoms with Gasteiger partial charge >= 0.3 is 0 Å². The van der Waals surface area contributed by atoms with E-state index in [1.807, 2.05) is 24.3 Å². The minimum atomic E-state index is -0.514. The van der Waals surface area contributed by atoms with Crippen molar-refractivity contribution in [3.63, 3.8) is 0 Å². The zero-order valence-electron chi connectivity index (χ0n) is 15.3. The van der Waals surface area contributed by atoms with Gasteiger partial charge in [-0.3, -0.25) is 9.59 Å². The van der Waals surface area contributed by atoms with Crippen LogP contribution >= 0.6 is 0 Å². The highest BCUT2D eigenvalue weighted by Gasteiger charge is 2.33. The molecule has 0 bridgehead atoms. The number of likely N-dealkylation sites (tertiary alicyclic amines) is 1. The van der Waals surface area contributed by atoms with Crippen molar-refractivity contribution < 1.29 is 14.3 Å². The summed E-state index contributed by atoms with van der Waals surface area (Å²) >= 11 is 0. The molecule has 1 atom stereocenters. The lowest BCUT2D eigenvalue weighted by Gasteiger charge is -2.34. The number of nitrogens with one attached hydrogen (secondary N) is 1. The normalized spacial score (nSPS) is 24.1. The number of ether oxygens (including phenoxy) is 1. The number of hydrogen-bond donors (Lipinski definition) is 1. The molecule has 0 radical (unpaired) electrons. The molecule has 1 N–H and O–H groups in total. The summed E-state index contributed by atoms with van der Waals surface area (Å²) in [5, 5.41) is 3.15. The minimum Gasteiger partial charge on any atom is -0.479 e. The number of benzene rings is 1. The van der Waals surface area contributed by atoms with Gasteiger partial charge in [0.05, 0.1) is 5.69 Å². The fourth-order valence-corrected chi connectivity index (χ4v) is 3.95. The summed E-state index contributed by atoms with van der Waals surface area (Å²) in [5.41, 5.74) is 0.751. The molecule has 1 saturated heterocycles. The Morgan fingerprint density at radius 2 is 1.92 bits per heavy atom. The van der Waals surface area contributed by atoms with Crippen LogP contribution in [0.2, 0.25) is 0 Å². The first-order valence-electron chi connectivity index (χ1n) is 9.72. The zero-order valence-corrected chi connectivity index (χ0v) is 15.3. The van der Waals surface area contributed by atoms with E-state index in [1.165, 1.54) is 12.8 Å². The Kier molecular flexibility index (Phi) is 4.85. The summed E-state index contributed by atoms with van der Waals surface area (Å²) in [6.45, 7) is 4.31. The number of carbonyl (C=O) groups is 2. The Balaban J connectivity index is 1.29. The predicted molar refractivity (Wildman–Crippen MR) is 99.3 cm³/mol. The Morgan fingerprint density at radius 1 is 1.19 bits per heavy atom. The van der Waals surface area contributed by atoms with Crippen LogP contribution in [0, 0.1) is 0 Å². The van der Waals surface area contributed by atoms with E-state index in [0.29, 0.717) is 18.7 Å². The topological polar surface area (TPSA) is 61.9 Å². The molecule has 2 aliphatic heterocycles. The standard InChI is InChI=1S/C20H27N3O3/c1-14-20(25)23(17-4-2-3-5-18(17)26-14)13-10-19(24)21-15-8-11-22(12-9-15)16-6-7-16/h2-5,14-16H,6-13H2,1H3,(H,21,24)/t14-/m0/s1. The van der Waals surface area contributed by atoms with Crippen LogP contribution in [-0.2, 0) is 9.59 Å². The van der Waals surface area contributed by atoms with Crippen molar-refractivity contribution in [3.05, 3.63) is 24.3 Å². The maximum Gasteiger partial charge on any atom is 0.267 e. The monoisotopic (exact) mass is 357 g/mol. The number of fused-ring (bicyclic) bond motifs is 1.